The predicted molar refractivity (Wildman–Crippen MR) is 63.6 cm³/mol. The summed E-state index contributed by atoms with van der Waals surface area (Å²) < 4.78 is 1.45. The summed E-state index contributed by atoms with van der Waals surface area (Å²) in [6.45, 7) is 0. The number of Topliss-reactive ketones (excluding diaryl/α,β-unsaturated/α-hetero) is 1. The van der Waals surface area contributed by atoms with Crippen LogP contribution in [0.2, 0.25) is 0 Å². The highest BCUT2D eigenvalue weighted by atomic mass is 32.2. The minimum Gasteiger partial charge on any atom is -0.508 e. The minimum absolute atomic E-state index is 0.0887. The molecular formula is C10H10N4O3S. The van der Waals surface area contributed by atoms with Gasteiger partial charge >= 0.3 is 0 Å². The van der Waals surface area contributed by atoms with Gasteiger partial charge in [0.2, 0.25) is 5.16 Å². The number of ketones is 1. The average molecular weight is 266 g/mol. The van der Waals surface area contributed by atoms with E-state index in [4.69, 9.17) is 5.11 Å². The van der Waals surface area contributed by atoms with Crippen LogP contribution in [0.15, 0.2) is 23.4 Å². The molecule has 2 N–H and O–H groups in total. The summed E-state index contributed by atoms with van der Waals surface area (Å²) in [5.74, 6) is -0.488. The van der Waals surface area contributed by atoms with E-state index in [1.54, 1.807) is 7.05 Å². The number of tetrazole rings is 1. The molecule has 18 heavy (non-hydrogen) atoms. The SMILES string of the molecule is Cn1nnnc1SCC(=O)c1ccc(O)cc1O. The van der Waals surface area contributed by atoms with Crippen molar-refractivity contribution in [3.8, 4) is 11.5 Å². The van der Waals surface area contributed by atoms with Crippen molar-refractivity contribution in [1.82, 2.24) is 20.2 Å². The van der Waals surface area contributed by atoms with Gasteiger partial charge in [0.15, 0.2) is 5.78 Å². The third-order valence-corrected chi connectivity index (χ3v) is 3.21. The van der Waals surface area contributed by atoms with Gasteiger partial charge < -0.3 is 10.2 Å². The minimum atomic E-state index is -0.263. The molecule has 0 radical (unpaired) electrons. The lowest BCUT2D eigenvalue weighted by molar-refractivity contribution is 0.102. The third-order valence-electron chi connectivity index (χ3n) is 2.20. The molecule has 0 aliphatic rings. The van der Waals surface area contributed by atoms with Crippen LogP contribution in [0.3, 0.4) is 0 Å². The van der Waals surface area contributed by atoms with Crippen LogP contribution < -0.4 is 0 Å². The van der Waals surface area contributed by atoms with E-state index >= 15 is 0 Å². The number of thioether (sulfide) groups is 1. The second kappa shape index (κ2) is 5.05. The largest absolute Gasteiger partial charge is 0.508 e. The van der Waals surface area contributed by atoms with Crippen LogP contribution in [0, 0.1) is 0 Å². The zero-order valence-corrected chi connectivity index (χ0v) is 10.3. The molecule has 0 saturated heterocycles. The summed E-state index contributed by atoms with van der Waals surface area (Å²) in [5.41, 5.74) is 0.162. The number of phenolic OH excluding ortho intramolecular Hbond substituents is 2. The first-order chi connectivity index (χ1) is 8.58. The number of phenols is 2. The van der Waals surface area contributed by atoms with Crippen LogP contribution >= 0.6 is 11.8 Å². The first-order valence-corrected chi connectivity index (χ1v) is 5.97. The van der Waals surface area contributed by atoms with Crippen molar-refractivity contribution in [3.05, 3.63) is 23.8 Å². The van der Waals surface area contributed by atoms with Gasteiger partial charge in [-0.05, 0) is 22.6 Å². The Bertz CT molecular complexity index is 584. The average Bonchev–Trinajstić information content (AvgIpc) is 2.72. The van der Waals surface area contributed by atoms with Gasteiger partial charge in [-0.25, -0.2) is 4.68 Å². The number of carbonyl (C=O) groups is 1. The summed E-state index contributed by atoms with van der Waals surface area (Å²) in [4.78, 5) is 11.8. The number of hydrogen-bond donors (Lipinski definition) is 2. The van der Waals surface area contributed by atoms with Gasteiger partial charge in [-0.15, -0.1) is 5.10 Å². The van der Waals surface area contributed by atoms with E-state index < -0.39 is 0 Å². The number of aryl methyl sites for hydroxylation is 1. The molecule has 1 aromatic carbocycles. The van der Waals surface area contributed by atoms with Crippen molar-refractivity contribution in [2.75, 3.05) is 5.75 Å². The summed E-state index contributed by atoms with van der Waals surface area (Å²) in [6, 6.07) is 3.85. The lowest BCUT2D eigenvalue weighted by atomic mass is 10.1. The standard InChI is InChI=1S/C10H10N4O3S/c1-14-10(11-12-13-14)18-5-9(17)7-3-2-6(15)4-8(7)16/h2-4,15-16H,5H2,1H3. The molecule has 0 bridgehead atoms. The first kappa shape index (κ1) is 12.4. The highest BCUT2D eigenvalue weighted by Gasteiger charge is 2.13. The normalized spacial score (nSPS) is 10.5. The fraction of sp³-hybridized carbons (Fsp3) is 0.200. The number of carbonyl (C=O) groups excluding carboxylic acids is 1. The second-order valence-corrected chi connectivity index (χ2v) is 4.44. The molecule has 0 atom stereocenters. The van der Waals surface area contributed by atoms with E-state index in [0.29, 0.717) is 5.16 Å². The van der Waals surface area contributed by atoms with Crippen molar-refractivity contribution >= 4 is 17.5 Å². The van der Waals surface area contributed by atoms with Gasteiger partial charge in [0.1, 0.15) is 11.5 Å². The van der Waals surface area contributed by atoms with Crippen LogP contribution in [0.4, 0.5) is 0 Å². The Hall–Kier alpha value is -2.09. The molecule has 7 nitrogen and oxygen atoms in total. The highest BCUT2D eigenvalue weighted by Crippen LogP contribution is 2.24. The molecule has 0 amide bonds. The zero-order valence-electron chi connectivity index (χ0n) is 9.44. The number of hydrogen-bond acceptors (Lipinski definition) is 7. The molecule has 0 fully saturated rings. The van der Waals surface area contributed by atoms with Crippen molar-refractivity contribution in [2.45, 2.75) is 5.16 Å². The molecule has 1 heterocycles. The molecule has 0 aliphatic carbocycles. The lowest BCUT2D eigenvalue weighted by Gasteiger charge is -2.03. The molecular weight excluding hydrogens is 256 g/mol. The Morgan fingerprint density at radius 1 is 1.44 bits per heavy atom. The van der Waals surface area contributed by atoms with E-state index in [2.05, 4.69) is 15.5 Å². The Morgan fingerprint density at radius 2 is 2.22 bits per heavy atom. The Labute approximate surface area is 106 Å². The molecule has 0 aliphatic heterocycles. The Morgan fingerprint density at radius 3 is 2.83 bits per heavy atom. The zero-order chi connectivity index (χ0) is 13.1. The molecule has 8 heteroatoms. The number of nitrogens with zero attached hydrogens (tertiary/aromatic N) is 4. The van der Waals surface area contributed by atoms with Crippen LogP contribution in [0.1, 0.15) is 10.4 Å². The van der Waals surface area contributed by atoms with Crippen molar-refractivity contribution in [1.29, 1.82) is 0 Å². The first-order valence-electron chi connectivity index (χ1n) is 4.98. The van der Waals surface area contributed by atoms with Gasteiger partial charge in [-0.2, -0.15) is 0 Å². The predicted octanol–water partition coefficient (Wildman–Crippen LogP) is 0.596. The molecule has 0 unspecified atom stereocenters. The smallest absolute Gasteiger partial charge is 0.209 e. The number of aromatic nitrogens is 4. The second-order valence-electron chi connectivity index (χ2n) is 3.50. The van der Waals surface area contributed by atoms with Crippen molar-refractivity contribution in [2.24, 2.45) is 7.05 Å². The van der Waals surface area contributed by atoms with Gasteiger partial charge in [-0.1, -0.05) is 11.8 Å². The maximum atomic E-state index is 11.8. The quantitative estimate of drug-likeness (QED) is 0.617. The third kappa shape index (κ3) is 2.59. The monoisotopic (exact) mass is 266 g/mol. The molecule has 0 saturated carbocycles. The fourth-order valence-corrected chi connectivity index (χ4v) is 2.04. The Balaban J connectivity index is 2.06. The summed E-state index contributed by atoms with van der Waals surface area (Å²) in [7, 11) is 1.67. The summed E-state index contributed by atoms with van der Waals surface area (Å²) in [5, 5.41) is 30.0. The highest BCUT2D eigenvalue weighted by molar-refractivity contribution is 7.99. The van der Waals surface area contributed by atoms with E-state index in [-0.39, 0.29) is 28.6 Å². The van der Waals surface area contributed by atoms with Crippen LogP contribution in [0.25, 0.3) is 0 Å². The van der Waals surface area contributed by atoms with Crippen LogP contribution in [-0.2, 0) is 7.05 Å². The van der Waals surface area contributed by atoms with Gasteiger partial charge in [0, 0.05) is 13.1 Å². The van der Waals surface area contributed by atoms with Crippen molar-refractivity contribution in [3.63, 3.8) is 0 Å². The van der Waals surface area contributed by atoms with E-state index in [1.807, 2.05) is 0 Å². The maximum absolute atomic E-state index is 11.8. The van der Waals surface area contributed by atoms with Crippen LogP contribution in [0.5, 0.6) is 11.5 Å². The van der Waals surface area contributed by atoms with Gasteiger partial charge in [-0.3, -0.25) is 4.79 Å². The number of aromatic hydroxyl groups is 2. The van der Waals surface area contributed by atoms with E-state index in [1.165, 1.54) is 28.6 Å². The van der Waals surface area contributed by atoms with Crippen LogP contribution in [-0.4, -0.2) is 42.0 Å². The van der Waals surface area contributed by atoms with Crippen molar-refractivity contribution < 1.29 is 15.0 Å². The molecule has 2 rings (SSSR count). The summed E-state index contributed by atoms with van der Waals surface area (Å²) in [6.07, 6.45) is 0. The molecule has 1 aromatic heterocycles. The Kier molecular flexibility index (Phi) is 3.47. The molecule has 2 aromatic rings. The van der Waals surface area contributed by atoms with Gasteiger partial charge in [0.05, 0.1) is 11.3 Å². The number of rotatable bonds is 4. The molecule has 94 valence electrons. The topological polar surface area (TPSA) is 101 Å². The lowest BCUT2D eigenvalue weighted by Crippen LogP contribution is -2.04. The molecule has 0 spiro atoms. The fourth-order valence-electron chi connectivity index (χ4n) is 1.31. The maximum Gasteiger partial charge on any atom is 0.209 e. The summed E-state index contributed by atoms with van der Waals surface area (Å²) >= 11 is 1.17. The van der Waals surface area contributed by atoms with E-state index in [0.717, 1.165) is 6.07 Å². The van der Waals surface area contributed by atoms with E-state index in [9.17, 15) is 9.90 Å². The number of benzene rings is 1. The van der Waals surface area contributed by atoms with Gasteiger partial charge in [0.25, 0.3) is 0 Å².